The second kappa shape index (κ2) is 11.3. The molecular formula is C25H38. The summed E-state index contributed by atoms with van der Waals surface area (Å²) in [6, 6.07) is 12.2. The smallest absolute Gasteiger partial charge is 0.0152 e. The first-order valence-corrected chi connectivity index (χ1v) is 10.8. The molecule has 0 bridgehead atoms. The molecule has 0 aliphatic heterocycles. The van der Waals surface area contributed by atoms with E-state index in [9.17, 15) is 0 Å². The minimum Gasteiger partial charge on any atom is -0.0654 e. The molecule has 0 aliphatic carbocycles. The van der Waals surface area contributed by atoms with Gasteiger partial charge in [0.05, 0.1) is 0 Å². The molecule has 0 saturated heterocycles. The summed E-state index contributed by atoms with van der Waals surface area (Å²) in [4.78, 5) is 0. The van der Waals surface area contributed by atoms with Gasteiger partial charge in [0.2, 0.25) is 0 Å². The number of benzene rings is 2. The Morgan fingerprint density at radius 3 is 1.76 bits per heavy atom. The van der Waals surface area contributed by atoms with Crippen molar-refractivity contribution in [2.45, 2.75) is 97.8 Å². The summed E-state index contributed by atoms with van der Waals surface area (Å²) in [6.45, 7) is 6.87. The Bertz CT molecular complexity index is 618. The lowest BCUT2D eigenvalue weighted by atomic mass is 9.93. The summed E-state index contributed by atoms with van der Waals surface area (Å²) in [5, 5.41) is 2.98. The minimum atomic E-state index is 1.23. The summed E-state index contributed by atoms with van der Waals surface area (Å²) in [5.74, 6) is 0. The van der Waals surface area contributed by atoms with E-state index in [-0.39, 0.29) is 0 Å². The summed E-state index contributed by atoms with van der Waals surface area (Å²) >= 11 is 0. The van der Waals surface area contributed by atoms with Crippen molar-refractivity contribution < 1.29 is 0 Å². The molecule has 25 heavy (non-hydrogen) atoms. The first-order chi connectivity index (χ1) is 12.3. The molecule has 0 N–H and O–H groups in total. The maximum absolute atomic E-state index is 2.50. The molecule has 0 aromatic heterocycles. The molecule has 0 heterocycles. The zero-order valence-electron chi connectivity index (χ0n) is 16.9. The lowest BCUT2D eigenvalue weighted by molar-refractivity contribution is 0.710. The number of hydrogen-bond acceptors (Lipinski definition) is 0. The molecule has 0 heteroatoms. The van der Waals surface area contributed by atoms with Crippen LogP contribution >= 0.6 is 0 Å². The summed E-state index contributed by atoms with van der Waals surface area (Å²) in [5.41, 5.74) is 4.65. The highest BCUT2D eigenvalue weighted by molar-refractivity contribution is 5.87. The van der Waals surface area contributed by atoms with E-state index in [0.29, 0.717) is 0 Å². The zero-order valence-corrected chi connectivity index (χ0v) is 16.9. The van der Waals surface area contributed by atoms with Gasteiger partial charge in [0.1, 0.15) is 0 Å². The minimum absolute atomic E-state index is 1.23. The third-order valence-electron chi connectivity index (χ3n) is 5.35. The predicted molar refractivity (Wildman–Crippen MR) is 114 cm³/mol. The van der Waals surface area contributed by atoms with Gasteiger partial charge < -0.3 is 0 Å². The van der Waals surface area contributed by atoms with Gasteiger partial charge in [-0.1, -0.05) is 89.6 Å². The van der Waals surface area contributed by atoms with Crippen molar-refractivity contribution in [1.82, 2.24) is 0 Å². The van der Waals surface area contributed by atoms with E-state index in [1.165, 1.54) is 93.4 Å². The van der Waals surface area contributed by atoms with Crippen LogP contribution in [0.5, 0.6) is 0 Å². The first-order valence-electron chi connectivity index (χ1n) is 10.8. The molecule has 0 amide bonds. The molecule has 2 rings (SSSR count). The van der Waals surface area contributed by atoms with Crippen LogP contribution in [0.4, 0.5) is 0 Å². The van der Waals surface area contributed by atoms with E-state index in [4.69, 9.17) is 0 Å². The standard InChI is InChI=1S/C25H38/c1-4-7-10-13-21-16-17-25-23(15-12-9-6-3)19-22(14-11-8-5-2)20-24(25)18-21/h16-20H,4-15H2,1-3H3. The Balaban J connectivity index is 2.24. The van der Waals surface area contributed by atoms with Crippen LogP contribution in [0, 0.1) is 0 Å². The van der Waals surface area contributed by atoms with Crippen LogP contribution in [0.15, 0.2) is 30.3 Å². The fourth-order valence-corrected chi connectivity index (χ4v) is 3.80. The highest BCUT2D eigenvalue weighted by Crippen LogP contribution is 2.26. The number of rotatable bonds is 12. The molecule has 0 fully saturated rings. The maximum Gasteiger partial charge on any atom is -0.0152 e. The van der Waals surface area contributed by atoms with E-state index < -0.39 is 0 Å². The molecule has 0 spiro atoms. The van der Waals surface area contributed by atoms with Gasteiger partial charge in [0.25, 0.3) is 0 Å². The van der Waals surface area contributed by atoms with Crippen LogP contribution in [-0.4, -0.2) is 0 Å². The van der Waals surface area contributed by atoms with Crippen molar-refractivity contribution in [3.05, 3.63) is 47.0 Å². The molecule has 0 saturated carbocycles. The Morgan fingerprint density at radius 1 is 0.560 bits per heavy atom. The van der Waals surface area contributed by atoms with E-state index in [0.717, 1.165) is 0 Å². The van der Waals surface area contributed by atoms with Crippen LogP contribution in [0.3, 0.4) is 0 Å². The van der Waals surface area contributed by atoms with Crippen LogP contribution < -0.4 is 0 Å². The van der Waals surface area contributed by atoms with Crippen LogP contribution in [0.2, 0.25) is 0 Å². The molecule has 0 radical (unpaired) electrons. The van der Waals surface area contributed by atoms with Crippen molar-refractivity contribution in [2.24, 2.45) is 0 Å². The Labute approximate surface area is 156 Å². The van der Waals surface area contributed by atoms with Crippen LogP contribution in [-0.2, 0) is 19.3 Å². The Kier molecular flexibility index (Phi) is 9.08. The quantitative estimate of drug-likeness (QED) is 0.343. The van der Waals surface area contributed by atoms with Crippen molar-refractivity contribution in [1.29, 1.82) is 0 Å². The first kappa shape index (κ1) is 20.0. The largest absolute Gasteiger partial charge is 0.0654 e. The monoisotopic (exact) mass is 338 g/mol. The van der Waals surface area contributed by atoms with Gasteiger partial charge in [-0.15, -0.1) is 0 Å². The molecule has 2 aromatic carbocycles. The zero-order chi connectivity index (χ0) is 17.9. The van der Waals surface area contributed by atoms with Gasteiger partial charge in [0.15, 0.2) is 0 Å². The SMILES string of the molecule is CCCCCc1ccc2c(CCCCC)cc(CCCCC)cc2c1. The third-order valence-corrected chi connectivity index (χ3v) is 5.35. The van der Waals surface area contributed by atoms with Gasteiger partial charge in [-0.25, -0.2) is 0 Å². The van der Waals surface area contributed by atoms with E-state index in [1.807, 2.05) is 0 Å². The lowest BCUT2D eigenvalue weighted by Crippen LogP contribution is -1.95. The molecular weight excluding hydrogens is 300 g/mol. The maximum atomic E-state index is 2.50. The van der Waals surface area contributed by atoms with Crippen molar-refractivity contribution in [2.75, 3.05) is 0 Å². The number of aryl methyl sites for hydroxylation is 3. The Hall–Kier alpha value is -1.30. The second-order valence-corrected chi connectivity index (χ2v) is 7.68. The van der Waals surface area contributed by atoms with Gasteiger partial charge in [-0.2, -0.15) is 0 Å². The van der Waals surface area contributed by atoms with Gasteiger partial charge in [-0.05, 0) is 66.0 Å². The fourth-order valence-electron chi connectivity index (χ4n) is 3.80. The fraction of sp³-hybridized carbons (Fsp3) is 0.600. The van der Waals surface area contributed by atoms with Crippen molar-refractivity contribution in [3.63, 3.8) is 0 Å². The summed E-state index contributed by atoms with van der Waals surface area (Å²) in [6.07, 6.45) is 15.6. The summed E-state index contributed by atoms with van der Waals surface area (Å²) < 4.78 is 0. The lowest BCUT2D eigenvalue weighted by Gasteiger charge is -2.12. The molecule has 138 valence electrons. The highest BCUT2D eigenvalue weighted by Gasteiger charge is 2.06. The summed E-state index contributed by atoms with van der Waals surface area (Å²) in [7, 11) is 0. The molecule has 0 aliphatic rings. The predicted octanol–water partition coefficient (Wildman–Crippen LogP) is 8.04. The third kappa shape index (κ3) is 6.49. The average Bonchev–Trinajstić information content (AvgIpc) is 2.62. The van der Waals surface area contributed by atoms with Crippen molar-refractivity contribution in [3.8, 4) is 0 Å². The molecule has 0 unspecified atom stereocenters. The molecule has 0 nitrogen and oxygen atoms in total. The van der Waals surface area contributed by atoms with E-state index >= 15 is 0 Å². The van der Waals surface area contributed by atoms with Gasteiger partial charge in [-0.3, -0.25) is 0 Å². The Morgan fingerprint density at radius 2 is 1.12 bits per heavy atom. The number of fused-ring (bicyclic) bond motifs is 1. The highest BCUT2D eigenvalue weighted by atomic mass is 14.1. The second-order valence-electron chi connectivity index (χ2n) is 7.68. The van der Waals surface area contributed by atoms with E-state index in [1.54, 1.807) is 11.1 Å². The average molecular weight is 339 g/mol. The van der Waals surface area contributed by atoms with Gasteiger partial charge >= 0.3 is 0 Å². The van der Waals surface area contributed by atoms with E-state index in [2.05, 4.69) is 51.1 Å². The van der Waals surface area contributed by atoms with Crippen LogP contribution in [0.1, 0.15) is 95.2 Å². The number of hydrogen-bond donors (Lipinski definition) is 0. The van der Waals surface area contributed by atoms with Crippen LogP contribution in [0.25, 0.3) is 10.8 Å². The molecule has 0 atom stereocenters. The van der Waals surface area contributed by atoms with Gasteiger partial charge in [0, 0.05) is 0 Å². The molecule has 2 aromatic rings. The topological polar surface area (TPSA) is 0 Å². The number of unbranched alkanes of at least 4 members (excludes halogenated alkanes) is 6. The van der Waals surface area contributed by atoms with Crippen molar-refractivity contribution >= 4 is 10.8 Å². The normalized spacial score (nSPS) is 11.3.